The van der Waals surface area contributed by atoms with Crippen LogP contribution in [0.5, 0.6) is 0 Å². The molecule has 0 spiro atoms. The number of unbranched alkanes of at least 4 members (excludes halogenated alkanes) is 1. The first kappa shape index (κ1) is 11.6. The summed E-state index contributed by atoms with van der Waals surface area (Å²) >= 11 is 0. The number of hydrogen-bond donors (Lipinski definition) is 0. The molecule has 0 radical (unpaired) electrons. The molecule has 17 heavy (non-hydrogen) atoms. The van der Waals surface area contributed by atoms with E-state index in [-0.39, 0.29) is 5.69 Å². The lowest BCUT2D eigenvalue weighted by molar-refractivity contribution is 0.634. The van der Waals surface area contributed by atoms with E-state index in [9.17, 15) is 4.79 Å². The zero-order valence-electron chi connectivity index (χ0n) is 10.0. The van der Waals surface area contributed by atoms with Crippen molar-refractivity contribution in [1.82, 2.24) is 9.55 Å². The van der Waals surface area contributed by atoms with Gasteiger partial charge in [-0.05, 0) is 25.3 Å². The van der Waals surface area contributed by atoms with Gasteiger partial charge in [0.15, 0.2) is 0 Å². The third-order valence-electron chi connectivity index (χ3n) is 2.87. The number of benzene rings is 1. The van der Waals surface area contributed by atoms with Crippen molar-refractivity contribution in [1.29, 1.82) is 0 Å². The SMILES string of the molecule is C=CCCCn1c(=O)ncc2cccc(C)c21. The minimum absolute atomic E-state index is 0.170. The number of fused-ring (bicyclic) bond motifs is 1. The van der Waals surface area contributed by atoms with Crippen molar-refractivity contribution >= 4 is 10.9 Å². The predicted octanol–water partition coefficient (Wildman–Crippen LogP) is 2.67. The topological polar surface area (TPSA) is 34.9 Å². The van der Waals surface area contributed by atoms with E-state index in [1.165, 1.54) is 0 Å². The Hall–Kier alpha value is -1.90. The largest absolute Gasteiger partial charge is 0.348 e. The van der Waals surface area contributed by atoms with Crippen LogP contribution >= 0.6 is 0 Å². The van der Waals surface area contributed by atoms with Gasteiger partial charge in [0, 0.05) is 18.1 Å². The quantitative estimate of drug-likeness (QED) is 0.595. The Balaban J connectivity index is 2.54. The molecule has 0 N–H and O–H groups in total. The van der Waals surface area contributed by atoms with Crippen molar-refractivity contribution < 1.29 is 0 Å². The minimum atomic E-state index is -0.170. The molecule has 1 aromatic heterocycles. The molecule has 0 saturated carbocycles. The Morgan fingerprint density at radius 1 is 1.47 bits per heavy atom. The molecule has 0 aliphatic rings. The molecule has 2 rings (SSSR count). The molecule has 88 valence electrons. The van der Waals surface area contributed by atoms with Crippen molar-refractivity contribution in [2.75, 3.05) is 0 Å². The van der Waals surface area contributed by atoms with Crippen molar-refractivity contribution in [2.24, 2.45) is 0 Å². The normalized spacial score (nSPS) is 10.6. The molecule has 0 atom stereocenters. The summed E-state index contributed by atoms with van der Waals surface area (Å²) in [4.78, 5) is 15.7. The Kier molecular flexibility index (Phi) is 3.38. The first-order valence-corrected chi connectivity index (χ1v) is 5.80. The van der Waals surface area contributed by atoms with E-state index in [0.29, 0.717) is 6.54 Å². The van der Waals surface area contributed by atoms with E-state index in [0.717, 1.165) is 29.3 Å². The van der Waals surface area contributed by atoms with Crippen LogP contribution in [0, 0.1) is 6.92 Å². The van der Waals surface area contributed by atoms with Crippen molar-refractivity contribution in [2.45, 2.75) is 26.3 Å². The van der Waals surface area contributed by atoms with Gasteiger partial charge in [0.2, 0.25) is 0 Å². The Morgan fingerprint density at radius 3 is 3.06 bits per heavy atom. The first-order chi connectivity index (χ1) is 8.24. The lowest BCUT2D eigenvalue weighted by atomic mass is 10.1. The number of aromatic nitrogens is 2. The predicted molar refractivity (Wildman–Crippen MR) is 70.2 cm³/mol. The number of para-hydroxylation sites is 1. The van der Waals surface area contributed by atoms with Crippen LogP contribution in [-0.2, 0) is 6.54 Å². The third-order valence-corrected chi connectivity index (χ3v) is 2.87. The molecular formula is C14H16N2O. The lowest BCUT2D eigenvalue weighted by Crippen LogP contribution is -2.23. The average molecular weight is 228 g/mol. The van der Waals surface area contributed by atoms with Crippen LogP contribution in [0.15, 0.2) is 41.8 Å². The number of allylic oxidation sites excluding steroid dienone is 1. The molecule has 3 nitrogen and oxygen atoms in total. The van der Waals surface area contributed by atoms with E-state index in [1.807, 2.05) is 31.2 Å². The molecule has 0 unspecified atom stereocenters. The maximum absolute atomic E-state index is 11.8. The summed E-state index contributed by atoms with van der Waals surface area (Å²) in [5.74, 6) is 0. The highest BCUT2D eigenvalue weighted by Gasteiger charge is 2.05. The second-order valence-corrected chi connectivity index (χ2v) is 4.14. The van der Waals surface area contributed by atoms with Gasteiger partial charge >= 0.3 is 5.69 Å². The highest BCUT2D eigenvalue weighted by molar-refractivity contribution is 5.81. The first-order valence-electron chi connectivity index (χ1n) is 5.80. The number of aryl methyl sites for hydroxylation is 2. The Labute approximate surface area is 100 Å². The monoisotopic (exact) mass is 228 g/mol. The highest BCUT2D eigenvalue weighted by Crippen LogP contribution is 2.15. The molecule has 3 heteroatoms. The molecule has 0 amide bonds. The van der Waals surface area contributed by atoms with Gasteiger partial charge in [-0.2, -0.15) is 0 Å². The van der Waals surface area contributed by atoms with E-state index < -0.39 is 0 Å². The summed E-state index contributed by atoms with van der Waals surface area (Å²) in [5.41, 5.74) is 1.94. The van der Waals surface area contributed by atoms with Crippen LogP contribution in [0.1, 0.15) is 18.4 Å². The number of nitrogens with zero attached hydrogens (tertiary/aromatic N) is 2. The molecule has 0 aliphatic heterocycles. The summed E-state index contributed by atoms with van der Waals surface area (Å²) in [6.45, 7) is 6.41. The maximum Gasteiger partial charge on any atom is 0.348 e. The summed E-state index contributed by atoms with van der Waals surface area (Å²) in [6.07, 6.45) is 5.35. The van der Waals surface area contributed by atoms with Crippen LogP contribution in [0.4, 0.5) is 0 Å². The summed E-state index contributed by atoms with van der Waals surface area (Å²) in [7, 11) is 0. The second-order valence-electron chi connectivity index (χ2n) is 4.14. The molecule has 0 saturated heterocycles. The lowest BCUT2D eigenvalue weighted by Gasteiger charge is -2.10. The maximum atomic E-state index is 11.8. The van der Waals surface area contributed by atoms with E-state index in [4.69, 9.17) is 0 Å². The van der Waals surface area contributed by atoms with Gasteiger partial charge in [-0.25, -0.2) is 9.78 Å². The second kappa shape index (κ2) is 4.95. The molecule has 0 fully saturated rings. The number of hydrogen-bond acceptors (Lipinski definition) is 2. The summed E-state index contributed by atoms with van der Waals surface area (Å²) in [6, 6.07) is 5.99. The molecule has 2 aromatic rings. The summed E-state index contributed by atoms with van der Waals surface area (Å²) < 4.78 is 1.76. The van der Waals surface area contributed by atoms with Crippen molar-refractivity contribution in [3.63, 3.8) is 0 Å². The van der Waals surface area contributed by atoms with E-state index in [1.54, 1.807) is 10.8 Å². The van der Waals surface area contributed by atoms with Gasteiger partial charge in [0.05, 0.1) is 5.52 Å². The van der Waals surface area contributed by atoms with Gasteiger partial charge in [0.25, 0.3) is 0 Å². The van der Waals surface area contributed by atoms with Gasteiger partial charge in [-0.15, -0.1) is 6.58 Å². The van der Waals surface area contributed by atoms with Gasteiger partial charge in [-0.3, -0.25) is 4.57 Å². The molecular weight excluding hydrogens is 212 g/mol. The third kappa shape index (κ3) is 2.28. The number of rotatable bonds is 4. The fourth-order valence-corrected chi connectivity index (χ4v) is 2.05. The fourth-order valence-electron chi connectivity index (χ4n) is 2.05. The summed E-state index contributed by atoms with van der Waals surface area (Å²) in [5, 5.41) is 1.02. The van der Waals surface area contributed by atoms with Crippen LogP contribution in [-0.4, -0.2) is 9.55 Å². The van der Waals surface area contributed by atoms with Crippen LogP contribution in [0.3, 0.4) is 0 Å². The van der Waals surface area contributed by atoms with Crippen LogP contribution < -0.4 is 5.69 Å². The fraction of sp³-hybridized carbons (Fsp3) is 0.286. The standard InChI is InChI=1S/C14H16N2O/c1-3-4-5-9-16-13-11(2)7-6-8-12(13)10-15-14(16)17/h3,6-8,10H,1,4-5,9H2,2H3. The van der Waals surface area contributed by atoms with Crippen LogP contribution in [0.2, 0.25) is 0 Å². The zero-order valence-corrected chi connectivity index (χ0v) is 10.0. The van der Waals surface area contributed by atoms with Gasteiger partial charge < -0.3 is 0 Å². The zero-order chi connectivity index (χ0) is 12.3. The molecule has 0 bridgehead atoms. The Morgan fingerprint density at radius 2 is 2.29 bits per heavy atom. The molecule has 0 aliphatic carbocycles. The average Bonchev–Trinajstić information content (AvgIpc) is 2.33. The Bertz CT molecular complexity index is 599. The molecule has 1 aromatic carbocycles. The van der Waals surface area contributed by atoms with Gasteiger partial charge in [0.1, 0.15) is 0 Å². The van der Waals surface area contributed by atoms with Gasteiger partial charge in [-0.1, -0.05) is 24.3 Å². The highest BCUT2D eigenvalue weighted by atomic mass is 16.1. The van der Waals surface area contributed by atoms with Crippen molar-refractivity contribution in [3.8, 4) is 0 Å². The smallest absolute Gasteiger partial charge is 0.292 e. The molecule has 1 heterocycles. The van der Waals surface area contributed by atoms with Crippen molar-refractivity contribution in [3.05, 3.63) is 53.1 Å². The van der Waals surface area contributed by atoms with E-state index >= 15 is 0 Å². The minimum Gasteiger partial charge on any atom is -0.292 e. The van der Waals surface area contributed by atoms with E-state index in [2.05, 4.69) is 11.6 Å². The van der Waals surface area contributed by atoms with Crippen LogP contribution in [0.25, 0.3) is 10.9 Å².